The Kier molecular flexibility index (Phi) is 5.96. The lowest BCUT2D eigenvalue weighted by molar-refractivity contribution is 0.267. The van der Waals surface area contributed by atoms with E-state index in [1.807, 2.05) is 13.0 Å². The van der Waals surface area contributed by atoms with Gasteiger partial charge in [0.2, 0.25) is 0 Å². The first-order chi connectivity index (χ1) is 10.5. The maximum atomic E-state index is 9.02. The highest BCUT2D eigenvalue weighted by Crippen LogP contribution is 2.37. The molecule has 0 unspecified atom stereocenters. The summed E-state index contributed by atoms with van der Waals surface area (Å²) in [5.74, 6) is 1.05. The highest BCUT2D eigenvalue weighted by Gasteiger charge is 2.13. The van der Waals surface area contributed by atoms with Crippen molar-refractivity contribution in [3.63, 3.8) is 0 Å². The number of nitriles is 1. The second-order valence-corrected chi connectivity index (χ2v) is 6.05. The highest BCUT2D eigenvalue weighted by atomic mass is 79.9. The summed E-state index contributed by atoms with van der Waals surface area (Å²) in [4.78, 5) is 0. The van der Waals surface area contributed by atoms with Gasteiger partial charge in [0.15, 0.2) is 11.5 Å². The summed E-state index contributed by atoms with van der Waals surface area (Å²) in [5.41, 5.74) is 1.30. The number of hydrogen-bond donors (Lipinski definition) is 0. The molecule has 0 aliphatic rings. The van der Waals surface area contributed by atoms with Gasteiger partial charge < -0.3 is 9.47 Å². The van der Waals surface area contributed by atoms with Gasteiger partial charge in [-0.05, 0) is 41.1 Å². The van der Waals surface area contributed by atoms with E-state index < -0.39 is 0 Å². The smallest absolute Gasteiger partial charge is 0.175 e. The van der Waals surface area contributed by atoms with Gasteiger partial charge in [0, 0.05) is 21.7 Å². The van der Waals surface area contributed by atoms with Gasteiger partial charge in [-0.25, -0.2) is 0 Å². The molecule has 0 aliphatic heterocycles. The molecule has 0 saturated heterocycles. The van der Waals surface area contributed by atoms with Crippen LogP contribution in [0.5, 0.6) is 11.5 Å². The van der Waals surface area contributed by atoms with Crippen molar-refractivity contribution < 1.29 is 9.47 Å². The third-order valence-electron chi connectivity index (χ3n) is 2.83. The Balaban J connectivity index is 2.27. The third kappa shape index (κ3) is 4.07. The molecule has 2 aromatic rings. The van der Waals surface area contributed by atoms with E-state index in [9.17, 15) is 0 Å². The van der Waals surface area contributed by atoms with E-state index >= 15 is 0 Å². The van der Waals surface area contributed by atoms with Gasteiger partial charge >= 0.3 is 0 Å². The largest absolute Gasteiger partial charge is 0.490 e. The SMILES string of the molecule is CCOc1cc(C#N)cc(Br)c1OCc1ccc(Cl)cc1Cl. The first-order valence-corrected chi connectivity index (χ1v) is 8.03. The van der Waals surface area contributed by atoms with Gasteiger partial charge in [0.1, 0.15) is 6.61 Å². The van der Waals surface area contributed by atoms with Crippen LogP contribution in [0.2, 0.25) is 10.0 Å². The lowest BCUT2D eigenvalue weighted by atomic mass is 10.2. The molecule has 0 aromatic heterocycles. The van der Waals surface area contributed by atoms with Gasteiger partial charge in [-0.2, -0.15) is 5.26 Å². The maximum Gasteiger partial charge on any atom is 0.175 e. The van der Waals surface area contributed by atoms with E-state index in [1.165, 1.54) is 0 Å². The average Bonchev–Trinajstić information content (AvgIpc) is 2.48. The van der Waals surface area contributed by atoms with Crippen LogP contribution in [0.4, 0.5) is 0 Å². The van der Waals surface area contributed by atoms with Gasteiger partial charge in [-0.1, -0.05) is 29.3 Å². The second-order valence-electron chi connectivity index (χ2n) is 4.35. The molecule has 2 aromatic carbocycles. The zero-order chi connectivity index (χ0) is 16.1. The summed E-state index contributed by atoms with van der Waals surface area (Å²) in [6.45, 7) is 2.60. The minimum Gasteiger partial charge on any atom is -0.490 e. The van der Waals surface area contributed by atoms with E-state index in [1.54, 1.807) is 24.3 Å². The Bertz CT molecular complexity index is 729. The molecule has 0 aliphatic carbocycles. The van der Waals surface area contributed by atoms with Crippen molar-refractivity contribution in [2.45, 2.75) is 13.5 Å². The van der Waals surface area contributed by atoms with Crippen molar-refractivity contribution in [1.82, 2.24) is 0 Å². The number of nitrogens with zero attached hydrogens (tertiary/aromatic N) is 1. The first-order valence-electron chi connectivity index (χ1n) is 6.48. The zero-order valence-corrected chi connectivity index (χ0v) is 14.8. The maximum absolute atomic E-state index is 9.02. The van der Waals surface area contributed by atoms with Crippen molar-refractivity contribution in [2.24, 2.45) is 0 Å². The summed E-state index contributed by atoms with van der Waals surface area (Å²) < 4.78 is 12.0. The van der Waals surface area contributed by atoms with Crippen molar-refractivity contribution >= 4 is 39.1 Å². The Labute approximate surface area is 147 Å². The molecule has 0 bridgehead atoms. The molecule has 0 fully saturated rings. The molecule has 0 atom stereocenters. The molecular formula is C16H12BrCl2NO2. The number of rotatable bonds is 5. The van der Waals surface area contributed by atoms with Crippen LogP contribution in [0.3, 0.4) is 0 Å². The van der Waals surface area contributed by atoms with Crippen LogP contribution in [-0.2, 0) is 6.61 Å². The summed E-state index contributed by atoms with van der Waals surface area (Å²) in [7, 11) is 0. The van der Waals surface area contributed by atoms with Gasteiger partial charge in [-0.3, -0.25) is 0 Å². The fourth-order valence-corrected chi connectivity index (χ4v) is 2.84. The fraction of sp³-hybridized carbons (Fsp3) is 0.188. The number of ether oxygens (including phenoxy) is 2. The normalized spacial score (nSPS) is 10.1. The molecule has 3 nitrogen and oxygen atoms in total. The van der Waals surface area contributed by atoms with Gasteiger partial charge in [0.25, 0.3) is 0 Å². The molecule has 6 heteroatoms. The fourth-order valence-electron chi connectivity index (χ4n) is 1.82. The Morgan fingerprint density at radius 3 is 2.59 bits per heavy atom. The van der Waals surface area contributed by atoms with Crippen molar-refractivity contribution in [1.29, 1.82) is 5.26 Å². The third-order valence-corrected chi connectivity index (χ3v) is 4.00. The molecule has 0 heterocycles. The lowest BCUT2D eigenvalue weighted by Gasteiger charge is -2.14. The number of halogens is 3. The van der Waals surface area contributed by atoms with Crippen LogP contribution >= 0.6 is 39.1 Å². The topological polar surface area (TPSA) is 42.2 Å². The molecule has 0 saturated carbocycles. The van der Waals surface area contributed by atoms with E-state index in [2.05, 4.69) is 22.0 Å². The predicted octanol–water partition coefficient (Wildman–Crippen LogP) is 5.61. The second kappa shape index (κ2) is 7.73. The van der Waals surface area contributed by atoms with Crippen LogP contribution in [0.25, 0.3) is 0 Å². The van der Waals surface area contributed by atoms with E-state index in [-0.39, 0.29) is 6.61 Å². The number of benzene rings is 2. The van der Waals surface area contributed by atoms with Crippen LogP contribution in [0.15, 0.2) is 34.8 Å². The van der Waals surface area contributed by atoms with Gasteiger partial charge in [0.05, 0.1) is 22.7 Å². The molecule has 0 radical (unpaired) electrons. The summed E-state index contributed by atoms with van der Waals surface area (Å²) in [5, 5.41) is 10.1. The standard InChI is InChI=1S/C16H12BrCl2NO2/c1-2-21-15-6-10(8-20)5-13(17)16(15)22-9-11-3-4-12(18)7-14(11)19/h3-7H,2,9H2,1H3. The summed E-state index contributed by atoms with van der Waals surface area (Å²) in [6, 6.07) is 10.6. The molecule has 0 spiro atoms. The Morgan fingerprint density at radius 1 is 1.18 bits per heavy atom. The molecule has 2 rings (SSSR count). The van der Waals surface area contributed by atoms with E-state index in [0.717, 1.165) is 5.56 Å². The lowest BCUT2D eigenvalue weighted by Crippen LogP contribution is -2.01. The predicted molar refractivity (Wildman–Crippen MR) is 90.8 cm³/mol. The summed E-state index contributed by atoms with van der Waals surface area (Å²) >= 11 is 15.4. The van der Waals surface area contributed by atoms with Crippen LogP contribution in [0, 0.1) is 11.3 Å². The molecule has 0 amide bonds. The monoisotopic (exact) mass is 399 g/mol. The minimum absolute atomic E-state index is 0.264. The van der Waals surface area contributed by atoms with Crippen molar-refractivity contribution in [3.8, 4) is 17.6 Å². The zero-order valence-electron chi connectivity index (χ0n) is 11.7. The molecule has 114 valence electrons. The van der Waals surface area contributed by atoms with Crippen LogP contribution in [-0.4, -0.2) is 6.61 Å². The summed E-state index contributed by atoms with van der Waals surface area (Å²) in [6.07, 6.45) is 0. The van der Waals surface area contributed by atoms with Crippen molar-refractivity contribution in [3.05, 3.63) is 56.0 Å². The first kappa shape index (κ1) is 17.0. The van der Waals surface area contributed by atoms with Gasteiger partial charge in [-0.15, -0.1) is 0 Å². The number of hydrogen-bond acceptors (Lipinski definition) is 3. The molecule has 22 heavy (non-hydrogen) atoms. The molecular weight excluding hydrogens is 389 g/mol. The Hall–Kier alpha value is -1.41. The minimum atomic E-state index is 0.264. The average molecular weight is 401 g/mol. The van der Waals surface area contributed by atoms with E-state index in [0.29, 0.717) is 38.2 Å². The van der Waals surface area contributed by atoms with E-state index in [4.69, 9.17) is 37.9 Å². The van der Waals surface area contributed by atoms with Crippen LogP contribution < -0.4 is 9.47 Å². The Morgan fingerprint density at radius 2 is 1.95 bits per heavy atom. The van der Waals surface area contributed by atoms with Crippen LogP contribution in [0.1, 0.15) is 18.1 Å². The highest BCUT2D eigenvalue weighted by molar-refractivity contribution is 9.10. The van der Waals surface area contributed by atoms with Crippen molar-refractivity contribution in [2.75, 3.05) is 6.61 Å². The molecule has 0 N–H and O–H groups in total. The quantitative estimate of drug-likeness (QED) is 0.655.